The summed E-state index contributed by atoms with van der Waals surface area (Å²) >= 11 is 0. The summed E-state index contributed by atoms with van der Waals surface area (Å²) in [4.78, 5) is 39.5. The molecular formula is C25H40N6O3. The van der Waals surface area contributed by atoms with Gasteiger partial charge in [-0.1, -0.05) is 31.0 Å². The minimum atomic E-state index is -0.587. The maximum Gasteiger partial charge on any atom is 0.242 e. The lowest BCUT2D eigenvalue weighted by atomic mass is 10.1. The van der Waals surface area contributed by atoms with Gasteiger partial charge in [0.1, 0.15) is 6.04 Å². The fourth-order valence-electron chi connectivity index (χ4n) is 3.76. The number of hydrogen-bond acceptors (Lipinski definition) is 5. The van der Waals surface area contributed by atoms with E-state index in [4.69, 9.17) is 11.5 Å². The third kappa shape index (κ3) is 9.52. The van der Waals surface area contributed by atoms with E-state index in [0.29, 0.717) is 45.3 Å². The highest BCUT2D eigenvalue weighted by molar-refractivity contribution is 5.87. The van der Waals surface area contributed by atoms with Crippen molar-refractivity contribution in [3.8, 4) is 0 Å². The molecule has 0 radical (unpaired) electrons. The van der Waals surface area contributed by atoms with Crippen molar-refractivity contribution in [1.82, 2.24) is 20.9 Å². The zero-order chi connectivity index (χ0) is 24.8. The second kappa shape index (κ2) is 15.1. The molecule has 3 amide bonds. The molecule has 8 N–H and O–H groups in total. The van der Waals surface area contributed by atoms with Gasteiger partial charge in [-0.3, -0.25) is 14.4 Å². The molecule has 1 aromatic carbocycles. The number of para-hydroxylation sites is 1. The highest BCUT2D eigenvalue weighted by Gasteiger charge is 2.15. The van der Waals surface area contributed by atoms with E-state index >= 15 is 0 Å². The minimum absolute atomic E-state index is 0.140. The first-order valence-corrected chi connectivity index (χ1v) is 12.3. The van der Waals surface area contributed by atoms with Gasteiger partial charge in [0.2, 0.25) is 17.7 Å². The van der Waals surface area contributed by atoms with Gasteiger partial charge in [0.05, 0.1) is 6.04 Å². The summed E-state index contributed by atoms with van der Waals surface area (Å²) in [5.41, 5.74) is 13.5. The van der Waals surface area contributed by atoms with Crippen molar-refractivity contribution in [2.24, 2.45) is 11.5 Å². The Morgan fingerprint density at radius 2 is 1.74 bits per heavy atom. The van der Waals surface area contributed by atoms with E-state index in [0.717, 1.165) is 42.1 Å². The number of nitrogens with two attached hydrogens (primary N) is 2. The quantitative estimate of drug-likeness (QED) is 0.204. The van der Waals surface area contributed by atoms with Crippen molar-refractivity contribution >= 4 is 28.6 Å². The monoisotopic (exact) mass is 472 g/mol. The Balaban J connectivity index is 1.53. The normalized spacial score (nSPS) is 12.8. The average molecular weight is 473 g/mol. The smallest absolute Gasteiger partial charge is 0.242 e. The first-order chi connectivity index (χ1) is 16.4. The number of carbonyl (C=O) groups excluding carboxylic acids is 3. The Labute approximate surface area is 201 Å². The number of aromatic amines is 1. The fourth-order valence-corrected chi connectivity index (χ4v) is 3.76. The van der Waals surface area contributed by atoms with E-state index in [9.17, 15) is 14.4 Å². The number of carbonyl (C=O) groups is 3. The van der Waals surface area contributed by atoms with Gasteiger partial charge in [-0.25, -0.2) is 0 Å². The van der Waals surface area contributed by atoms with Crippen LogP contribution >= 0.6 is 0 Å². The topological polar surface area (TPSA) is 155 Å². The average Bonchev–Trinajstić information content (AvgIpc) is 3.24. The Bertz CT molecular complexity index is 913. The third-order valence-electron chi connectivity index (χ3n) is 5.83. The summed E-state index contributed by atoms with van der Waals surface area (Å²) in [6.07, 6.45) is 7.66. The van der Waals surface area contributed by atoms with Gasteiger partial charge in [-0.15, -0.1) is 0 Å². The molecule has 2 aromatic rings. The van der Waals surface area contributed by atoms with Gasteiger partial charge in [0.25, 0.3) is 0 Å². The number of unbranched alkanes of at least 4 members (excludes halogenated alkanes) is 3. The van der Waals surface area contributed by atoms with Crippen LogP contribution in [0.3, 0.4) is 0 Å². The van der Waals surface area contributed by atoms with Crippen molar-refractivity contribution in [2.75, 3.05) is 19.6 Å². The summed E-state index contributed by atoms with van der Waals surface area (Å²) in [7, 11) is 0. The van der Waals surface area contributed by atoms with E-state index in [-0.39, 0.29) is 17.7 Å². The zero-order valence-corrected chi connectivity index (χ0v) is 20.2. The lowest BCUT2D eigenvalue weighted by Crippen LogP contribution is -2.45. The number of benzene rings is 1. The number of H-pyrrole nitrogens is 1. The van der Waals surface area contributed by atoms with Crippen LogP contribution in [0.25, 0.3) is 10.9 Å². The molecule has 9 heteroatoms. The Morgan fingerprint density at radius 1 is 0.971 bits per heavy atom. The van der Waals surface area contributed by atoms with Gasteiger partial charge < -0.3 is 32.4 Å². The molecule has 0 spiro atoms. The summed E-state index contributed by atoms with van der Waals surface area (Å²) < 4.78 is 0. The van der Waals surface area contributed by atoms with Crippen molar-refractivity contribution in [3.05, 3.63) is 36.0 Å². The molecule has 0 saturated carbocycles. The highest BCUT2D eigenvalue weighted by Crippen LogP contribution is 2.17. The van der Waals surface area contributed by atoms with Gasteiger partial charge in [0.15, 0.2) is 0 Å². The predicted octanol–water partition coefficient (Wildman–Crippen LogP) is 1.46. The van der Waals surface area contributed by atoms with Crippen LogP contribution < -0.4 is 27.4 Å². The lowest BCUT2D eigenvalue weighted by Gasteiger charge is -2.14. The van der Waals surface area contributed by atoms with Crippen LogP contribution in [0.2, 0.25) is 0 Å². The van der Waals surface area contributed by atoms with Gasteiger partial charge in [-0.05, 0) is 57.2 Å². The van der Waals surface area contributed by atoms with Crippen LogP contribution in [0.1, 0.15) is 57.4 Å². The second-order valence-corrected chi connectivity index (χ2v) is 8.68. The summed E-state index contributed by atoms with van der Waals surface area (Å²) in [5, 5.41) is 9.62. The first-order valence-electron chi connectivity index (χ1n) is 12.3. The lowest BCUT2D eigenvalue weighted by molar-refractivity contribution is -0.128. The standard InChI is InChI=1S/C25H40N6O3/c1-18(24(33)29-16-13-19-17-30-22-11-5-4-9-20(19)22)31-23(32)12-3-2-8-15-28-25(34)21(27)10-6-7-14-26/h4-5,9,11,17-18,21,30H,2-3,6-8,10,12-16,26-27H2,1H3,(H,28,34)(H,29,33)(H,31,32)/t18-,21-/m0/s1. The molecule has 0 aliphatic carbocycles. The molecule has 1 heterocycles. The van der Waals surface area contributed by atoms with E-state index in [2.05, 4.69) is 27.0 Å². The van der Waals surface area contributed by atoms with Crippen LogP contribution in [0.15, 0.2) is 30.5 Å². The molecule has 1 aromatic heterocycles. The molecule has 34 heavy (non-hydrogen) atoms. The van der Waals surface area contributed by atoms with E-state index < -0.39 is 12.1 Å². The predicted molar refractivity (Wildman–Crippen MR) is 135 cm³/mol. The molecule has 0 bridgehead atoms. The molecule has 0 aliphatic rings. The molecule has 0 aliphatic heterocycles. The zero-order valence-electron chi connectivity index (χ0n) is 20.2. The molecule has 9 nitrogen and oxygen atoms in total. The van der Waals surface area contributed by atoms with Crippen LogP contribution in [0, 0.1) is 0 Å². The van der Waals surface area contributed by atoms with Gasteiger partial charge in [0, 0.05) is 36.6 Å². The largest absolute Gasteiger partial charge is 0.361 e. The number of amides is 3. The van der Waals surface area contributed by atoms with Crippen molar-refractivity contribution in [2.45, 2.75) is 70.4 Å². The maximum atomic E-state index is 12.3. The van der Waals surface area contributed by atoms with Crippen molar-refractivity contribution in [3.63, 3.8) is 0 Å². The van der Waals surface area contributed by atoms with Crippen LogP contribution in [-0.4, -0.2) is 54.4 Å². The summed E-state index contributed by atoms with van der Waals surface area (Å²) in [5.74, 6) is -0.483. The van der Waals surface area contributed by atoms with E-state index in [1.54, 1.807) is 6.92 Å². The Hall–Kier alpha value is -2.91. The van der Waals surface area contributed by atoms with Crippen LogP contribution in [0.5, 0.6) is 0 Å². The fraction of sp³-hybridized carbons (Fsp3) is 0.560. The maximum absolute atomic E-state index is 12.3. The third-order valence-corrected chi connectivity index (χ3v) is 5.83. The van der Waals surface area contributed by atoms with E-state index in [1.807, 2.05) is 24.4 Å². The van der Waals surface area contributed by atoms with Crippen LogP contribution in [-0.2, 0) is 20.8 Å². The molecule has 2 atom stereocenters. The first kappa shape index (κ1) is 27.3. The van der Waals surface area contributed by atoms with Gasteiger partial charge in [-0.2, -0.15) is 0 Å². The van der Waals surface area contributed by atoms with Crippen LogP contribution in [0.4, 0.5) is 0 Å². The Kier molecular flexibility index (Phi) is 12.1. The number of hydrogen-bond donors (Lipinski definition) is 6. The molecule has 0 fully saturated rings. The minimum Gasteiger partial charge on any atom is -0.361 e. The SMILES string of the molecule is C[C@H](NC(=O)CCCCCNC(=O)[C@@H](N)CCCCN)C(=O)NCCc1c[nH]c2ccccc12. The molecule has 0 unspecified atom stereocenters. The number of fused-ring (bicyclic) bond motifs is 1. The highest BCUT2D eigenvalue weighted by atomic mass is 16.2. The van der Waals surface area contributed by atoms with Crippen molar-refractivity contribution < 1.29 is 14.4 Å². The number of aromatic nitrogens is 1. The second-order valence-electron chi connectivity index (χ2n) is 8.68. The number of nitrogens with one attached hydrogen (secondary N) is 4. The molecular weight excluding hydrogens is 432 g/mol. The van der Waals surface area contributed by atoms with Crippen molar-refractivity contribution in [1.29, 1.82) is 0 Å². The number of rotatable bonds is 16. The Morgan fingerprint density at radius 3 is 2.53 bits per heavy atom. The van der Waals surface area contributed by atoms with Gasteiger partial charge >= 0.3 is 0 Å². The van der Waals surface area contributed by atoms with E-state index in [1.165, 1.54) is 0 Å². The summed E-state index contributed by atoms with van der Waals surface area (Å²) in [6, 6.07) is 6.97. The molecule has 2 rings (SSSR count). The molecule has 188 valence electrons. The molecule has 0 saturated heterocycles. The summed E-state index contributed by atoms with van der Waals surface area (Å²) in [6.45, 7) is 3.34.